The highest BCUT2D eigenvalue weighted by Crippen LogP contribution is 2.25. The molecular formula is C17H19N3S. The van der Waals surface area contributed by atoms with Crippen LogP contribution < -0.4 is 5.73 Å². The Balaban J connectivity index is 1.90. The van der Waals surface area contributed by atoms with E-state index in [2.05, 4.69) is 54.0 Å². The van der Waals surface area contributed by atoms with Gasteiger partial charge in [0.25, 0.3) is 0 Å². The zero-order chi connectivity index (χ0) is 14.7. The van der Waals surface area contributed by atoms with Crippen LogP contribution >= 0.6 is 11.8 Å². The van der Waals surface area contributed by atoms with E-state index < -0.39 is 0 Å². The third-order valence-corrected chi connectivity index (χ3v) is 4.56. The predicted octanol–water partition coefficient (Wildman–Crippen LogP) is 3.81. The summed E-state index contributed by atoms with van der Waals surface area (Å²) in [5, 5.41) is 0. The quantitative estimate of drug-likeness (QED) is 0.728. The summed E-state index contributed by atoms with van der Waals surface area (Å²) in [5.74, 6) is 2.00. The SMILES string of the molecule is CCn1c(CSc2ccccc2)nc2cc(CN)ccc21. The van der Waals surface area contributed by atoms with Crippen LogP contribution in [0.1, 0.15) is 18.3 Å². The molecule has 0 fully saturated rings. The number of nitrogens with zero attached hydrogens (tertiary/aromatic N) is 2. The maximum atomic E-state index is 5.71. The lowest BCUT2D eigenvalue weighted by atomic mass is 10.2. The Labute approximate surface area is 129 Å². The van der Waals surface area contributed by atoms with Crippen LogP contribution in [-0.2, 0) is 18.8 Å². The summed E-state index contributed by atoms with van der Waals surface area (Å²) in [7, 11) is 0. The molecule has 0 saturated carbocycles. The van der Waals surface area contributed by atoms with Crippen molar-refractivity contribution in [3.8, 4) is 0 Å². The standard InChI is InChI=1S/C17H19N3S/c1-2-20-16-9-8-13(11-18)10-15(16)19-17(20)12-21-14-6-4-3-5-7-14/h3-10H,2,11-12,18H2,1H3. The molecule has 0 spiro atoms. The van der Waals surface area contributed by atoms with Crippen LogP contribution in [0.3, 0.4) is 0 Å². The highest BCUT2D eigenvalue weighted by Gasteiger charge is 2.10. The second kappa shape index (κ2) is 6.33. The van der Waals surface area contributed by atoms with Gasteiger partial charge in [0.2, 0.25) is 0 Å². The zero-order valence-electron chi connectivity index (χ0n) is 12.1. The van der Waals surface area contributed by atoms with Crippen molar-refractivity contribution >= 4 is 22.8 Å². The Morgan fingerprint density at radius 2 is 1.95 bits per heavy atom. The predicted molar refractivity (Wildman–Crippen MR) is 89.3 cm³/mol. The van der Waals surface area contributed by atoms with Gasteiger partial charge in [-0.2, -0.15) is 0 Å². The van der Waals surface area contributed by atoms with Gasteiger partial charge in [0.05, 0.1) is 16.8 Å². The Kier molecular flexibility index (Phi) is 4.27. The van der Waals surface area contributed by atoms with Gasteiger partial charge in [-0.3, -0.25) is 0 Å². The first-order chi connectivity index (χ1) is 10.3. The van der Waals surface area contributed by atoms with E-state index in [-0.39, 0.29) is 0 Å². The van der Waals surface area contributed by atoms with Gasteiger partial charge in [-0.25, -0.2) is 4.98 Å². The Morgan fingerprint density at radius 3 is 2.67 bits per heavy atom. The first kappa shape index (κ1) is 14.2. The lowest BCUT2D eigenvalue weighted by Gasteiger charge is -2.06. The van der Waals surface area contributed by atoms with Crippen molar-refractivity contribution in [1.82, 2.24) is 9.55 Å². The molecule has 3 aromatic rings. The third-order valence-electron chi connectivity index (χ3n) is 3.55. The molecule has 0 saturated heterocycles. The van der Waals surface area contributed by atoms with Gasteiger partial charge < -0.3 is 10.3 Å². The van der Waals surface area contributed by atoms with Gasteiger partial charge in [-0.15, -0.1) is 11.8 Å². The van der Waals surface area contributed by atoms with Gasteiger partial charge >= 0.3 is 0 Å². The van der Waals surface area contributed by atoms with Gasteiger partial charge in [0.15, 0.2) is 0 Å². The van der Waals surface area contributed by atoms with E-state index in [1.165, 1.54) is 10.4 Å². The normalized spacial score (nSPS) is 11.1. The second-order valence-electron chi connectivity index (χ2n) is 4.90. The average molecular weight is 297 g/mol. The first-order valence-electron chi connectivity index (χ1n) is 7.17. The van der Waals surface area contributed by atoms with Crippen molar-refractivity contribution in [3.63, 3.8) is 0 Å². The number of fused-ring (bicyclic) bond motifs is 1. The van der Waals surface area contributed by atoms with Crippen molar-refractivity contribution < 1.29 is 0 Å². The molecule has 2 aromatic carbocycles. The van der Waals surface area contributed by atoms with Crippen LogP contribution in [0.5, 0.6) is 0 Å². The molecule has 0 atom stereocenters. The molecule has 3 rings (SSSR count). The smallest absolute Gasteiger partial charge is 0.120 e. The number of hydrogen-bond donors (Lipinski definition) is 1. The molecule has 3 nitrogen and oxygen atoms in total. The zero-order valence-corrected chi connectivity index (χ0v) is 12.9. The molecule has 0 aliphatic carbocycles. The van der Waals surface area contributed by atoms with E-state index in [4.69, 9.17) is 10.7 Å². The third kappa shape index (κ3) is 2.96. The van der Waals surface area contributed by atoms with Crippen molar-refractivity contribution in [1.29, 1.82) is 0 Å². The Hall–Kier alpha value is -1.78. The molecule has 0 aliphatic heterocycles. The van der Waals surface area contributed by atoms with E-state index >= 15 is 0 Å². The second-order valence-corrected chi connectivity index (χ2v) is 5.95. The number of aromatic nitrogens is 2. The average Bonchev–Trinajstić information content (AvgIpc) is 2.90. The summed E-state index contributed by atoms with van der Waals surface area (Å²) in [4.78, 5) is 6.07. The minimum absolute atomic E-state index is 0.559. The van der Waals surface area contributed by atoms with Crippen molar-refractivity contribution in [3.05, 3.63) is 59.9 Å². The van der Waals surface area contributed by atoms with Gasteiger partial charge in [0.1, 0.15) is 5.82 Å². The fraction of sp³-hybridized carbons (Fsp3) is 0.235. The summed E-state index contributed by atoms with van der Waals surface area (Å²) in [6.07, 6.45) is 0. The maximum absolute atomic E-state index is 5.71. The van der Waals surface area contributed by atoms with Gasteiger partial charge in [-0.05, 0) is 36.8 Å². The number of imidazole rings is 1. The lowest BCUT2D eigenvalue weighted by molar-refractivity contribution is 0.748. The van der Waals surface area contributed by atoms with Crippen LogP contribution in [0.4, 0.5) is 0 Å². The summed E-state index contributed by atoms with van der Waals surface area (Å²) in [5.41, 5.74) is 9.08. The molecule has 4 heteroatoms. The summed E-state index contributed by atoms with van der Waals surface area (Å²) in [6.45, 7) is 3.65. The number of thioether (sulfide) groups is 1. The van der Waals surface area contributed by atoms with E-state index in [0.717, 1.165) is 29.2 Å². The molecule has 1 heterocycles. The van der Waals surface area contributed by atoms with Crippen LogP contribution in [0.15, 0.2) is 53.4 Å². The molecule has 0 amide bonds. The number of nitrogens with two attached hydrogens (primary N) is 1. The molecule has 21 heavy (non-hydrogen) atoms. The van der Waals surface area contributed by atoms with Crippen LogP contribution in [0, 0.1) is 0 Å². The molecular weight excluding hydrogens is 278 g/mol. The molecule has 108 valence electrons. The first-order valence-corrected chi connectivity index (χ1v) is 8.16. The lowest BCUT2D eigenvalue weighted by Crippen LogP contribution is -2.00. The monoisotopic (exact) mass is 297 g/mol. The molecule has 1 aromatic heterocycles. The molecule has 0 unspecified atom stereocenters. The minimum atomic E-state index is 0.559. The van der Waals surface area contributed by atoms with E-state index in [1.54, 1.807) is 0 Å². The molecule has 0 radical (unpaired) electrons. The van der Waals surface area contributed by atoms with Crippen LogP contribution in [0.25, 0.3) is 11.0 Å². The largest absolute Gasteiger partial charge is 0.328 e. The maximum Gasteiger partial charge on any atom is 0.120 e. The fourth-order valence-corrected chi connectivity index (χ4v) is 3.35. The minimum Gasteiger partial charge on any atom is -0.328 e. The van der Waals surface area contributed by atoms with E-state index in [9.17, 15) is 0 Å². The van der Waals surface area contributed by atoms with Crippen LogP contribution in [-0.4, -0.2) is 9.55 Å². The van der Waals surface area contributed by atoms with E-state index in [0.29, 0.717) is 6.54 Å². The van der Waals surface area contributed by atoms with E-state index in [1.807, 2.05) is 17.8 Å². The van der Waals surface area contributed by atoms with Gasteiger partial charge in [-0.1, -0.05) is 24.3 Å². The van der Waals surface area contributed by atoms with Crippen molar-refractivity contribution in [2.45, 2.75) is 30.7 Å². The topological polar surface area (TPSA) is 43.8 Å². The molecule has 0 bridgehead atoms. The number of hydrogen-bond acceptors (Lipinski definition) is 3. The van der Waals surface area contributed by atoms with Crippen molar-refractivity contribution in [2.24, 2.45) is 5.73 Å². The summed E-state index contributed by atoms with van der Waals surface area (Å²) >= 11 is 1.82. The Bertz CT molecular complexity index is 734. The van der Waals surface area contributed by atoms with Gasteiger partial charge in [0, 0.05) is 18.0 Å². The number of aryl methyl sites for hydroxylation is 1. The highest BCUT2D eigenvalue weighted by atomic mass is 32.2. The van der Waals surface area contributed by atoms with Crippen LogP contribution in [0.2, 0.25) is 0 Å². The van der Waals surface area contributed by atoms with Crippen molar-refractivity contribution in [2.75, 3.05) is 0 Å². The fourth-order valence-electron chi connectivity index (χ4n) is 2.48. The number of benzene rings is 2. The number of rotatable bonds is 5. The Morgan fingerprint density at radius 1 is 1.14 bits per heavy atom. The molecule has 0 aliphatic rings. The summed E-state index contributed by atoms with van der Waals surface area (Å²) < 4.78 is 2.28. The summed E-state index contributed by atoms with van der Waals surface area (Å²) in [6, 6.07) is 16.8. The highest BCUT2D eigenvalue weighted by molar-refractivity contribution is 7.98. The molecule has 2 N–H and O–H groups in total.